The molecule has 1 saturated heterocycles. The number of anilines is 1. The van der Waals surface area contributed by atoms with Crippen LogP contribution in [0.4, 0.5) is 5.69 Å². The largest absolute Gasteiger partial charge is 0.325 e. The van der Waals surface area contributed by atoms with Gasteiger partial charge in [0.1, 0.15) is 0 Å². The van der Waals surface area contributed by atoms with Gasteiger partial charge >= 0.3 is 0 Å². The molecule has 2 heterocycles. The van der Waals surface area contributed by atoms with Gasteiger partial charge in [0.25, 0.3) is 0 Å². The van der Waals surface area contributed by atoms with E-state index in [0.717, 1.165) is 44.6 Å². The van der Waals surface area contributed by atoms with Crippen LogP contribution in [0.2, 0.25) is 0 Å². The fourth-order valence-corrected chi connectivity index (χ4v) is 3.88. The van der Waals surface area contributed by atoms with Gasteiger partial charge in [-0.2, -0.15) is 0 Å². The molecule has 0 aromatic heterocycles. The van der Waals surface area contributed by atoms with Crippen molar-refractivity contribution < 1.29 is 4.79 Å². The third kappa shape index (κ3) is 2.77. The molecule has 2 aromatic rings. The molecular weight excluding hydrogens is 284 g/mol. The molecule has 1 fully saturated rings. The van der Waals surface area contributed by atoms with Crippen LogP contribution in [0.1, 0.15) is 24.0 Å². The average Bonchev–Trinajstić information content (AvgIpc) is 2.59. The van der Waals surface area contributed by atoms with Crippen LogP contribution in [0, 0.1) is 5.41 Å². The van der Waals surface area contributed by atoms with Crippen molar-refractivity contribution in [3.05, 3.63) is 65.7 Å². The van der Waals surface area contributed by atoms with Crippen molar-refractivity contribution in [1.82, 2.24) is 4.90 Å². The summed E-state index contributed by atoms with van der Waals surface area (Å²) in [5.41, 5.74) is 3.42. The molecule has 2 aliphatic rings. The van der Waals surface area contributed by atoms with Crippen molar-refractivity contribution in [2.75, 3.05) is 18.4 Å². The quantitative estimate of drug-likeness (QED) is 0.921. The topological polar surface area (TPSA) is 32.3 Å². The number of benzene rings is 2. The summed E-state index contributed by atoms with van der Waals surface area (Å²) in [7, 11) is 0. The standard InChI is InChI=1S/C20H22N2O/c23-19-20(14-17-8-4-5-9-18(17)21-19)10-12-22(13-11-20)15-16-6-2-1-3-7-16/h1-9H,10-15H2,(H,21,23). The number of rotatable bonds is 2. The number of likely N-dealkylation sites (tertiary alicyclic amines) is 1. The van der Waals surface area contributed by atoms with Gasteiger partial charge in [0, 0.05) is 12.2 Å². The first-order valence-corrected chi connectivity index (χ1v) is 8.41. The van der Waals surface area contributed by atoms with E-state index in [1.54, 1.807) is 0 Å². The minimum absolute atomic E-state index is 0.207. The van der Waals surface area contributed by atoms with Crippen LogP contribution in [0.5, 0.6) is 0 Å². The van der Waals surface area contributed by atoms with Gasteiger partial charge in [0.2, 0.25) is 5.91 Å². The summed E-state index contributed by atoms with van der Waals surface area (Å²) in [6.07, 6.45) is 2.77. The first-order valence-electron chi connectivity index (χ1n) is 8.41. The first-order chi connectivity index (χ1) is 11.3. The monoisotopic (exact) mass is 306 g/mol. The van der Waals surface area contributed by atoms with E-state index in [4.69, 9.17) is 0 Å². The van der Waals surface area contributed by atoms with Crippen LogP contribution in [-0.2, 0) is 17.8 Å². The molecule has 0 aliphatic carbocycles. The molecule has 0 unspecified atom stereocenters. The molecule has 0 radical (unpaired) electrons. The van der Waals surface area contributed by atoms with E-state index in [2.05, 4.69) is 52.7 Å². The number of para-hydroxylation sites is 1. The number of nitrogens with one attached hydrogen (secondary N) is 1. The molecule has 4 rings (SSSR count). The molecule has 1 amide bonds. The van der Waals surface area contributed by atoms with Crippen molar-refractivity contribution in [3.63, 3.8) is 0 Å². The lowest BCUT2D eigenvalue weighted by Gasteiger charge is -2.43. The summed E-state index contributed by atoms with van der Waals surface area (Å²) in [5.74, 6) is 0.218. The number of hydrogen-bond acceptors (Lipinski definition) is 2. The van der Waals surface area contributed by atoms with Crippen LogP contribution < -0.4 is 5.32 Å². The van der Waals surface area contributed by atoms with Crippen LogP contribution >= 0.6 is 0 Å². The highest BCUT2D eigenvalue weighted by Gasteiger charge is 2.44. The number of nitrogens with zero attached hydrogens (tertiary/aromatic N) is 1. The van der Waals surface area contributed by atoms with Crippen molar-refractivity contribution in [2.24, 2.45) is 5.41 Å². The zero-order valence-corrected chi connectivity index (χ0v) is 13.3. The maximum Gasteiger partial charge on any atom is 0.231 e. The lowest BCUT2D eigenvalue weighted by molar-refractivity contribution is -0.129. The molecule has 118 valence electrons. The van der Waals surface area contributed by atoms with Gasteiger partial charge in [0.05, 0.1) is 5.41 Å². The molecule has 2 aliphatic heterocycles. The summed E-state index contributed by atoms with van der Waals surface area (Å²) in [6, 6.07) is 18.8. The zero-order valence-electron chi connectivity index (χ0n) is 13.3. The molecule has 0 bridgehead atoms. The van der Waals surface area contributed by atoms with Crippen LogP contribution in [0.25, 0.3) is 0 Å². The van der Waals surface area contributed by atoms with Crippen molar-refractivity contribution in [1.29, 1.82) is 0 Å². The Labute approximate surface area is 137 Å². The van der Waals surface area contributed by atoms with E-state index in [9.17, 15) is 4.79 Å². The normalized spacial score (nSPS) is 20.1. The second-order valence-electron chi connectivity index (χ2n) is 6.83. The van der Waals surface area contributed by atoms with Crippen LogP contribution in [-0.4, -0.2) is 23.9 Å². The Hall–Kier alpha value is -2.13. The number of fused-ring (bicyclic) bond motifs is 1. The van der Waals surface area contributed by atoms with Gasteiger partial charge < -0.3 is 5.32 Å². The molecule has 0 saturated carbocycles. The highest BCUT2D eigenvalue weighted by atomic mass is 16.2. The summed E-state index contributed by atoms with van der Waals surface area (Å²) >= 11 is 0. The second kappa shape index (κ2) is 5.82. The average molecular weight is 306 g/mol. The summed E-state index contributed by atoms with van der Waals surface area (Å²) in [5, 5.41) is 3.13. The Morgan fingerprint density at radius 1 is 0.957 bits per heavy atom. The van der Waals surface area contributed by atoms with Gasteiger partial charge in [-0.05, 0) is 49.5 Å². The minimum Gasteiger partial charge on any atom is -0.325 e. The van der Waals surface area contributed by atoms with Crippen LogP contribution in [0.3, 0.4) is 0 Å². The molecule has 23 heavy (non-hydrogen) atoms. The third-order valence-corrected chi connectivity index (χ3v) is 5.34. The minimum atomic E-state index is -0.207. The molecule has 0 atom stereocenters. The van der Waals surface area contributed by atoms with Gasteiger partial charge in [0.15, 0.2) is 0 Å². The Morgan fingerprint density at radius 3 is 2.43 bits per heavy atom. The highest BCUT2D eigenvalue weighted by Crippen LogP contribution is 2.41. The van der Waals surface area contributed by atoms with Gasteiger partial charge in [-0.1, -0.05) is 48.5 Å². The number of amides is 1. The van der Waals surface area contributed by atoms with E-state index in [-0.39, 0.29) is 11.3 Å². The Kier molecular flexibility index (Phi) is 3.66. The van der Waals surface area contributed by atoms with Gasteiger partial charge in [-0.3, -0.25) is 9.69 Å². The Balaban J connectivity index is 1.46. The lowest BCUT2D eigenvalue weighted by Crippen LogP contribution is -2.49. The summed E-state index contributed by atoms with van der Waals surface area (Å²) in [4.78, 5) is 15.1. The SMILES string of the molecule is O=C1Nc2ccccc2CC12CCN(Cc1ccccc1)CC2. The lowest BCUT2D eigenvalue weighted by atomic mass is 9.71. The molecule has 1 spiro atoms. The Bertz CT molecular complexity index is 703. The van der Waals surface area contributed by atoms with E-state index in [0.29, 0.717) is 0 Å². The molecule has 3 heteroatoms. The predicted molar refractivity (Wildman–Crippen MR) is 92.2 cm³/mol. The van der Waals surface area contributed by atoms with Crippen molar-refractivity contribution in [3.8, 4) is 0 Å². The molecule has 3 nitrogen and oxygen atoms in total. The highest BCUT2D eigenvalue weighted by molar-refractivity contribution is 5.98. The van der Waals surface area contributed by atoms with Crippen molar-refractivity contribution in [2.45, 2.75) is 25.8 Å². The first kappa shape index (κ1) is 14.5. The van der Waals surface area contributed by atoms with E-state index in [1.165, 1.54) is 11.1 Å². The van der Waals surface area contributed by atoms with E-state index >= 15 is 0 Å². The number of carbonyl (C=O) groups is 1. The molecule has 1 N–H and O–H groups in total. The number of hydrogen-bond donors (Lipinski definition) is 1. The van der Waals surface area contributed by atoms with Crippen molar-refractivity contribution >= 4 is 11.6 Å². The smallest absolute Gasteiger partial charge is 0.231 e. The maximum atomic E-state index is 12.7. The molecular formula is C20H22N2O. The maximum absolute atomic E-state index is 12.7. The molecule has 2 aromatic carbocycles. The number of piperidine rings is 1. The second-order valence-corrected chi connectivity index (χ2v) is 6.83. The third-order valence-electron chi connectivity index (χ3n) is 5.34. The predicted octanol–water partition coefficient (Wildman–Crippen LogP) is 3.46. The summed E-state index contributed by atoms with van der Waals surface area (Å²) in [6.45, 7) is 2.96. The zero-order chi connectivity index (χ0) is 15.7. The fraction of sp³-hybridized carbons (Fsp3) is 0.350. The summed E-state index contributed by atoms with van der Waals surface area (Å²) < 4.78 is 0. The van der Waals surface area contributed by atoms with E-state index in [1.807, 2.05) is 12.1 Å². The fourth-order valence-electron chi connectivity index (χ4n) is 3.88. The Morgan fingerprint density at radius 2 is 1.65 bits per heavy atom. The number of carbonyl (C=O) groups excluding carboxylic acids is 1. The van der Waals surface area contributed by atoms with Gasteiger partial charge in [-0.25, -0.2) is 0 Å². The van der Waals surface area contributed by atoms with E-state index < -0.39 is 0 Å². The van der Waals surface area contributed by atoms with Gasteiger partial charge in [-0.15, -0.1) is 0 Å². The van der Waals surface area contributed by atoms with Crippen LogP contribution in [0.15, 0.2) is 54.6 Å².